The van der Waals surface area contributed by atoms with E-state index in [-0.39, 0.29) is 43.0 Å². The SMILES string of the molecule is CCc1cccc(-c2c(Cl)cccc2C(OCCNC(=O)OC)C2CCCN(C(=O)[C@H]3C[C@@H](N)[C@@H](O)C3)C2)c1. The van der Waals surface area contributed by atoms with Gasteiger partial charge >= 0.3 is 6.09 Å². The van der Waals surface area contributed by atoms with Crippen LogP contribution in [-0.2, 0) is 20.7 Å². The van der Waals surface area contributed by atoms with Crippen molar-refractivity contribution in [3.63, 3.8) is 0 Å². The van der Waals surface area contributed by atoms with Gasteiger partial charge in [0.1, 0.15) is 0 Å². The van der Waals surface area contributed by atoms with Gasteiger partial charge in [0, 0.05) is 48.1 Å². The van der Waals surface area contributed by atoms with Gasteiger partial charge in [0.2, 0.25) is 5.91 Å². The van der Waals surface area contributed by atoms with E-state index in [4.69, 9.17) is 22.1 Å². The van der Waals surface area contributed by atoms with E-state index >= 15 is 0 Å². The van der Waals surface area contributed by atoms with Crippen LogP contribution in [0.1, 0.15) is 49.8 Å². The van der Waals surface area contributed by atoms with Crippen molar-refractivity contribution in [3.8, 4) is 11.1 Å². The molecule has 1 saturated carbocycles. The molecule has 4 N–H and O–H groups in total. The molecule has 0 bridgehead atoms. The van der Waals surface area contributed by atoms with Crippen LogP contribution in [0.5, 0.6) is 0 Å². The van der Waals surface area contributed by atoms with Crippen LogP contribution in [0.25, 0.3) is 11.1 Å². The Labute approximate surface area is 235 Å². The number of nitrogens with one attached hydrogen (secondary N) is 1. The summed E-state index contributed by atoms with van der Waals surface area (Å²) in [5, 5.41) is 13.4. The first-order chi connectivity index (χ1) is 18.8. The lowest BCUT2D eigenvalue weighted by Gasteiger charge is -2.38. The zero-order valence-corrected chi connectivity index (χ0v) is 23.5. The van der Waals surface area contributed by atoms with E-state index in [1.165, 1.54) is 12.7 Å². The topological polar surface area (TPSA) is 114 Å². The van der Waals surface area contributed by atoms with Crippen molar-refractivity contribution >= 4 is 23.6 Å². The van der Waals surface area contributed by atoms with Crippen LogP contribution in [0.15, 0.2) is 42.5 Å². The Bertz CT molecular complexity index is 1140. The minimum Gasteiger partial charge on any atom is -0.453 e. The van der Waals surface area contributed by atoms with Crippen LogP contribution in [0.2, 0.25) is 5.02 Å². The number of nitrogens with two attached hydrogens (primary N) is 1. The highest BCUT2D eigenvalue weighted by Gasteiger charge is 2.39. The molecule has 1 aliphatic carbocycles. The van der Waals surface area contributed by atoms with Crippen molar-refractivity contribution in [2.75, 3.05) is 33.4 Å². The van der Waals surface area contributed by atoms with Gasteiger partial charge in [-0.05, 0) is 54.9 Å². The molecule has 1 heterocycles. The lowest BCUT2D eigenvalue weighted by molar-refractivity contribution is -0.139. The minimum absolute atomic E-state index is 0.0207. The van der Waals surface area contributed by atoms with Gasteiger partial charge in [0.05, 0.1) is 25.9 Å². The van der Waals surface area contributed by atoms with E-state index in [2.05, 4.69) is 35.2 Å². The molecule has 4 rings (SSSR count). The van der Waals surface area contributed by atoms with Crippen molar-refractivity contribution in [2.24, 2.45) is 17.6 Å². The number of nitrogens with zero attached hydrogens (tertiary/aromatic N) is 1. The number of aliphatic hydroxyl groups excluding tert-OH is 1. The van der Waals surface area contributed by atoms with E-state index in [0.29, 0.717) is 31.0 Å². The molecule has 0 radical (unpaired) electrons. The van der Waals surface area contributed by atoms with E-state index in [9.17, 15) is 14.7 Å². The maximum Gasteiger partial charge on any atom is 0.406 e. The van der Waals surface area contributed by atoms with Crippen LogP contribution in [0.4, 0.5) is 4.79 Å². The molecule has 8 nitrogen and oxygen atoms in total. The Morgan fingerprint density at radius 3 is 2.74 bits per heavy atom. The molecule has 1 aliphatic heterocycles. The van der Waals surface area contributed by atoms with Gasteiger partial charge in [-0.25, -0.2) is 4.79 Å². The number of carbonyl (C=O) groups is 2. The third kappa shape index (κ3) is 7.11. The zero-order valence-electron chi connectivity index (χ0n) is 22.8. The molecule has 1 saturated heterocycles. The zero-order chi connectivity index (χ0) is 27.9. The number of ether oxygens (including phenoxy) is 2. The summed E-state index contributed by atoms with van der Waals surface area (Å²) in [6.45, 7) is 3.90. The van der Waals surface area contributed by atoms with Crippen LogP contribution in [0.3, 0.4) is 0 Å². The minimum atomic E-state index is -0.633. The summed E-state index contributed by atoms with van der Waals surface area (Å²) in [6, 6.07) is 13.9. The van der Waals surface area contributed by atoms with Gasteiger partial charge in [0.25, 0.3) is 0 Å². The fourth-order valence-electron chi connectivity index (χ4n) is 5.89. The van der Waals surface area contributed by atoms with Crippen molar-refractivity contribution in [3.05, 3.63) is 58.6 Å². The summed E-state index contributed by atoms with van der Waals surface area (Å²) in [6.07, 6.45) is 2.05. The molecule has 9 heteroatoms. The van der Waals surface area contributed by atoms with E-state index in [1.54, 1.807) is 0 Å². The average Bonchev–Trinajstić information content (AvgIpc) is 3.30. The smallest absolute Gasteiger partial charge is 0.406 e. The molecule has 212 valence electrons. The second-order valence-electron chi connectivity index (χ2n) is 10.6. The molecule has 2 amide bonds. The number of hydrogen-bond donors (Lipinski definition) is 3. The van der Waals surface area contributed by atoms with E-state index in [1.807, 2.05) is 29.2 Å². The summed E-state index contributed by atoms with van der Waals surface area (Å²) in [7, 11) is 1.32. The number of alkyl carbamates (subject to hydrolysis) is 1. The molecule has 0 spiro atoms. The Balaban J connectivity index is 1.62. The number of aryl methyl sites for hydroxylation is 1. The summed E-state index contributed by atoms with van der Waals surface area (Å²) in [4.78, 5) is 26.9. The summed E-state index contributed by atoms with van der Waals surface area (Å²) >= 11 is 6.83. The molecule has 5 atom stereocenters. The normalized spacial score (nSPS) is 23.9. The van der Waals surface area contributed by atoms with E-state index < -0.39 is 12.2 Å². The first kappa shape index (κ1) is 29.3. The second kappa shape index (κ2) is 13.6. The number of hydrogen-bond acceptors (Lipinski definition) is 6. The number of benzene rings is 2. The average molecular weight is 558 g/mol. The van der Waals surface area contributed by atoms with Crippen molar-refractivity contribution < 1.29 is 24.2 Å². The molecule has 2 fully saturated rings. The van der Waals surface area contributed by atoms with Gasteiger partial charge in [-0.3, -0.25) is 4.79 Å². The Hall–Kier alpha value is -2.65. The molecule has 2 unspecified atom stereocenters. The number of methoxy groups -OCH3 is 1. The highest BCUT2D eigenvalue weighted by molar-refractivity contribution is 6.33. The summed E-state index contributed by atoms with van der Waals surface area (Å²) in [5.41, 5.74) is 10.1. The van der Waals surface area contributed by atoms with Crippen LogP contribution in [0, 0.1) is 11.8 Å². The van der Waals surface area contributed by atoms with Gasteiger partial charge in [-0.1, -0.05) is 54.9 Å². The molecule has 39 heavy (non-hydrogen) atoms. The number of amides is 2. The monoisotopic (exact) mass is 557 g/mol. The second-order valence-corrected chi connectivity index (χ2v) is 11.0. The number of rotatable bonds is 9. The van der Waals surface area contributed by atoms with Gasteiger partial charge in [-0.15, -0.1) is 0 Å². The molecular weight excluding hydrogens is 518 g/mol. The van der Waals surface area contributed by atoms with Crippen molar-refractivity contribution in [1.82, 2.24) is 10.2 Å². The highest BCUT2D eigenvalue weighted by Crippen LogP contribution is 2.42. The number of piperidine rings is 1. The number of aliphatic hydroxyl groups is 1. The maximum absolute atomic E-state index is 13.4. The Morgan fingerprint density at radius 1 is 1.23 bits per heavy atom. The van der Waals surface area contributed by atoms with Crippen LogP contribution >= 0.6 is 11.6 Å². The summed E-state index contributed by atoms with van der Waals surface area (Å²) < 4.78 is 11.2. The first-order valence-corrected chi connectivity index (χ1v) is 14.2. The van der Waals surface area contributed by atoms with Gasteiger partial charge in [0.15, 0.2) is 0 Å². The largest absolute Gasteiger partial charge is 0.453 e. The molecule has 2 aromatic rings. The Morgan fingerprint density at radius 2 is 2.03 bits per heavy atom. The predicted octanol–water partition coefficient (Wildman–Crippen LogP) is 4.32. The number of halogens is 1. The number of carbonyl (C=O) groups excluding carboxylic acids is 2. The fraction of sp³-hybridized carbons (Fsp3) is 0.533. The molecule has 2 aliphatic rings. The molecular formula is C30H40ClN3O5. The maximum atomic E-state index is 13.4. The third-order valence-corrected chi connectivity index (χ3v) is 8.27. The molecule has 0 aromatic heterocycles. The fourth-order valence-corrected chi connectivity index (χ4v) is 6.18. The van der Waals surface area contributed by atoms with Crippen molar-refractivity contribution in [2.45, 2.75) is 57.3 Å². The number of likely N-dealkylation sites (tertiary alicyclic amines) is 1. The standard InChI is InChI=1S/C30H40ClN3O5/c1-3-19-7-4-8-20(15-19)27-23(10-5-11-24(27)31)28(39-14-12-33-30(37)38-2)21-9-6-13-34(18-21)29(36)22-16-25(32)26(35)17-22/h4-5,7-8,10-11,15,21-22,25-26,28,35H,3,6,9,12-14,16-18,32H2,1-2H3,(H,33,37)/t21?,22-,25+,26-,28?/m0/s1. The highest BCUT2D eigenvalue weighted by atomic mass is 35.5. The first-order valence-electron chi connectivity index (χ1n) is 13.9. The lowest BCUT2D eigenvalue weighted by Crippen LogP contribution is -2.44. The van der Waals surface area contributed by atoms with Crippen LogP contribution < -0.4 is 11.1 Å². The Kier molecular flexibility index (Phi) is 10.2. The van der Waals surface area contributed by atoms with Crippen molar-refractivity contribution in [1.29, 1.82) is 0 Å². The van der Waals surface area contributed by atoms with Gasteiger partial charge < -0.3 is 30.5 Å². The molecule has 2 aromatic carbocycles. The van der Waals surface area contributed by atoms with Crippen LogP contribution in [-0.4, -0.2) is 67.5 Å². The lowest BCUT2D eigenvalue weighted by atomic mass is 9.84. The van der Waals surface area contributed by atoms with E-state index in [0.717, 1.165) is 36.0 Å². The third-order valence-electron chi connectivity index (χ3n) is 7.95. The van der Waals surface area contributed by atoms with Gasteiger partial charge in [-0.2, -0.15) is 0 Å². The summed E-state index contributed by atoms with van der Waals surface area (Å²) in [5.74, 6) is -0.178. The quantitative estimate of drug-likeness (QED) is 0.396. The predicted molar refractivity (Wildman–Crippen MR) is 151 cm³/mol.